The monoisotopic (exact) mass is 326 g/mol. The summed E-state index contributed by atoms with van der Waals surface area (Å²) in [6.07, 6.45) is 0.905. The molecule has 0 aliphatic heterocycles. The van der Waals surface area contributed by atoms with E-state index >= 15 is 0 Å². The summed E-state index contributed by atoms with van der Waals surface area (Å²) in [5, 5.41) is 11.5. The van der Waals surface area contributed by atoms with Crippen molar-refractivity contribution in [2.75, 3.05) is 6.54 Å². The maximum Gasteiger partial charge on any atom is 0.227 e. The van der Waals surface area contributed by atoms with Gasteiger partial charge in [-0.15, -0.1) is 10.2 Å². The van der Waals surface area contributed by atoms with Gasteiger partial charge in [0, 0.05) is 11.6 Å². The lowest BCUT2D eigenvalue weighted by Crippen LogP contribution is -2.28. The number of carbonyl (C=O) groups is 1. The molecule has 3 aromatic rings. The summed E-state index contributed by atoms with van der Waals surface area (Å²) in [7, 11) is 0. The number of hydrogen-bond acceptors (Lipinski definition) is 4. The largest absolute Gasteiger partial charge is 0.355 e. The molecule has 0 radical (unpaired) electrons. The van der Waals surface area contributed by atoms with Gasteiger partial charge in [-0.2, -0.15) is 0 Å². The van der Waals surface area contributed by atoms with E-state index in [1.54, 1.807) is 18.2 Å². The van der Waals surface area contributed by atoms with Crippen molar-refractivity contribution in [1.82, 2.24) is 20.5 Å². The zero-order valence-corrected chi connectivity index (χ0v) is 13.1. The highest BCUT2D eigenvalue weighted by atomic mass is 35.5. The van der Waals surface area contributed by atoms with Crippen molar-refractivity contribution in [2.24, 2.45) is 0 Å². The summed E-state index contributed by atoms with van der Waals surface area (Å²) in [4.78, 5) is 16.3. The van der Waals surface area contributed by atoms with Gasteiger partial charge in [-0.25, -0.2) is 4.98 Å². The van der Waals surface area contributed by atoms with Gasteiger partial charge in [0.15, 0.2) is 5.82 Å². The van der Waals surface area contributed by atoms with Crippen molar-refractivity contribution >= 4 is 28.5 Å². The maximum absolute atomic E-state index is 12.0. The van der Waals surface area contributed by atoms with Crippen molar-refractivity contribution in [1.29, 1.82) is 0 Å². The first-order chi connectivity index (χ1) is 11.2. The molecule has 1 amide bonds. The molecule has 0 aliphatic carbocycles. The van der Waals surface area contributed by atoms with Gasteiger partial charge in [-0.05, 0) is 30.2 Å². The smallest absolute Gasteiger partial charge is 0.227 e. The van der Waals surface area contributed by atoms with Gasteiger partial charge in [-0.1, -0.05) is 41.9 Å². The van der Waals surface area contributed by atoms with E-state index in [1.807, 2.05) is 30.3 Å². The third-order valence-electron chi connectivity index (χ3n) is 3.36. The molecule has 0 atom stereocenters. The minimum Gasteiger partial charge on any atom is -0.355 e. The zero-order valence-electron chi connectivity index (χ0n) is 12.4. The quantitative estimate of drug-likeness (QED) is 0.782. The molecule has 0 aliphatic rings. The molecule has 0 saturated carbocycles. The fourth-order valence-electron chi connectivity index (χ4n) is 2.22. The molecule has 5 nitrogen and oxygen atoms in total. The highest BCUT2D eigenvalue weighted by molar-refractivity contribution is 6.31. The summed E-state index contributed by atoms with van der Waals surface area (Å²) in [6.45, 7) is 0.583. The standard InChI is InChI=1S/C17H15ClN4O/c18-13-6-7-14-15(10-13)21-22-16(20-14)11-17(23)19-9-8-12-4-2-1-3-5-12/h1-7,10H,8-9,11H2,(H,19,23). The van der Waals surface area contributed by atoms with Crippen molar-refractivity contribution < 1.29 is 4.79 Å². The van der Waals surface area contributed by atoms with Crippen LogP contribution in [0.2, 0.25) is 5.02 Å². The fraction of sp³-hybridized carbons (Fsp3) is 0.176. The first kappa shape index (κ1) is 15.4. The average molecular weight is 327 g/mol. The number of halogens is 1. The minimum atomic E-state index is -0.115. The van der Waals surface area contributed by atoms with Crippen molar-refractivity contribution in [3.63, 3.8) is 0 Å². The van der Waals surface area contributed by atoms with Gasteiger partial charge in [0.2, 0.25) is 5.91 Å². The van der Waals surface area contributed by atoms with Crippen LogP contribution in [0.25, 0.3) is 11.0 Å². The molecule has 1 aromatic heterocycles. The third-order valence-corrected chi connectivity index (χ3v) is 3.59. The fourth-order valence-corrected chi connectivity index (χ4v) is 2.38. The molecule has 2 aromatic carbocycles. The molecule has 116 valence electrons. The van der Waals surface area contributed by atoms with Crippen molar-refractivity contribution in [3.05, 3.63) is 64.9 Å². The van der Waals surface area contributed by atoms with Gasteiger partial charge in [0.1, 0.15) is 5.52 Å². The lowest BCUT2D eigenvalue weighted by Gasteiger charge is -2.05. The van der Waals surface area contributed by atoms with E-state index in [4.69, 9.17) is 11.6 Å². The molecule has 0 spiro atoms. The van der Waals surface area contributed by atoms with Crippen LogP contribution in [0.15, 0.2) is 48.5 Å². The predicted octanol–water partition coefficient (Wildman–Crippen LogP) is 2.58. The first-order valence-electron chi connectivity index (χ1n) is 7.30. The summed E-state index contributed by atoms with van der Waals surface area (Å²) in [6, 6.07) is 15.2. The Morgan fingerprint density at radius 1 is 1.04 bits per heavy atom. The van der Waals surface area contributed by atoms with Crippen LogP contribution in [0, 0.1) is 0 Å². The Hall–Kier alpha value is -2.53. The Morgan fingerprint density at radius 2 is 1.87 bits per heavy atom. The van der Waals surface area contributed by atoms with Crippen LogP contribution >= 0.6 is 11.6 Å². The zero-order chi connectivity index (χ0) is 16.1. The highest BCUT2D eigenvalue weighted by Crippen LogP contribution is 2.15. The SMILES string of the molecule is O=C(Cc1nnc2cc(Cl)ccc2n1)NCCc1ccccc1. The predicted molar refractivity (Wildman–Crippen MR) is 89.2 cm³/mol. The van der Waals surface area contributed by atoms with E-state index in [9.17, 15) is 4.79 Å². The van der Waals surface area contributed by atoms with E-state index < -0.39 is 0 Å². The molecule has 0 bridgehead atoms. The number of aromatic nitrogens is 3. The van der Waals surface area contributed by atoms with Crippen molar-refractivity contribution in [3.8, 4) is 0 Å². The second kappa shape index (κ2) is 7.15. The molecule has 23 heavy (non-hydrogen) atoms. The maximum atomic E-state index is 12.0. The summed E-state index contributed by atoms with van der Waals surface area (Å²) in [5.41, 5.74) is 2.48. The normalized spacial score (nSPS) is 10.7. The Balaban J connectivity index is 1.56. The van der Waals surface area contributed by atoms with Gasteiger partial charge in [0.05, 0.1) is 11.9 Å². The van der Waals surface area contributed by atoms with E-state index in [1.165, 1.54) is 5.56 Å². The second-order valence-corrected chi connectivity index (χ2v) is 5.56. The lowest BCUT2D eigenvalue weighted by molar-refractivity contribution is -0.120. The number of rotatable bonds is 5. The Labute approximate surface area is 138 Å². The van der Waals surface area contributed by atoms with Gasteiger partial charge in [-0.3, -0.25) is 4.79 Å². The second-order valence-electron chi connectivity index (χ2n) is 5.12. The summed E-state index contributed by atoms with van der Waals surface area (Å²) >= 11 is 5.89. The number of nitrogens with one attached hydrogen (secondary N) is 1. The number of fused-ring (bicyclic) bond motifs is 1. The first-order valence-corrected chi connectivity index (χ1v) is 7.68. The van der Waals surface area contributed by atoms with E-state index in [0.717, 1.165) is 6.42 Å². The van der Waals surface area contributed by atoms with Crippen LogP contribution in [-0.4, -0.2) is 27.6 Å². The number of carbonyl (C=O) groups excluding carboxylic acids is 1. The molecule has 0 unspecified atom stereocenters. The molecule has 6 heteroatoms. The van der Waals surface area contributed by atoms with Gasteiger partial charge in [0.25, 0.3) is 0 Å². The molecular weight excluding hydrogens is 312 g/mol. The van der Waals surface area contributed by atoms with Crippen LogP contribution in [0.5, 0.6) is 0 Å². The number of amides is 1. The average Bonchev–Trinajstić information content (AvgIpc) is 2.56. The number of nitrogens with zero attached hydrogens (tertiary/aromatic N) is 3. The van der Waals surface area contributed by atoms with Gasteiger partial charge >= 0.3 is 0 Å². The minimum absolute atomic E-state index is 0.111. The summed E-state index contributed by atoms with van der Waals surface area (Å²) in [5.74, 6) is 0.285. The van der Waals surface area contributed by atoms with Crippen LogP contribution in [0.1, 0.15) is 11.4 Å². The van der Waals surface area contributed by atoms with Gasteiger partial charge < -0.3 is 5.32 Å². The molecule has 0 fully saturated rings. The van der Waals surface area contributed by atoms with E-state index in [0.29, 0.717) is 28.4 Å². The highest BCUT2D eigenvalue weighted by Gasteiger charge is 2.08. The molecule has 3 rings (SSSR count). The van der Waals surface area contributed by atoms with E-state index in [2.05, 4.69) is 20.5 Å². The van der Waals surface area contributed by atoms with Crippen LogP contribution in [-0.2, 0) is 17.6 Å². The molecule has 1 heterocycles. The Bertz CT molecular complexity index is 823. The molecule has 1 N–H and O–H groups in total. The Morgan fingerprint density at radius 3 is 2.70 bits per heavy atom. The van der Waals surface area contributed by atoms with Crippen LogP contribution in [0.3, 0.4) is 0 Å². The topological polar surface area (TPSA) is 67.8 Å². The van der Waals surface area contributed by atoms with E-state index in [-0.39, 0.29) is 12.3 Å². The number of hydrogen-bond donors (Lipinski definition) is 1. The Kier molecular flexibility index (Phi) is 4.78. The number of benzene rings is 2. The third kappa shape index (κ3) is 4.23. The van der Waals surface area contributed by atoms with Crippen LogP contribution < -0.4 is 5.32 Å². The molecule has 0 saturated heterocycles. The lowest BCUT2D eigenvalue weighted by atomic mass is 10.1. The summed E-state index contributed by atoms with van der Waals surface area (Å²) < 4.78 is 0. The molecular formula is C17H15ClN4O. The van der Waals surface area contributed by atoms with Crippen molar-refractivity contribution in [2.45, 2.75) is 12.8 Å². The van der Waals surface area contributed by atoms with Crippen LogP contribution in [0.4, 0.5) is 0 Å².